The molecule has 66 valence electrons. The first kappa shape index (κ1) is 9.32. The lowest BCUT2D eigenvalue weighted by molar-refractivity contribution is 0.0409. The van der Waals surface area contributed by atoms with E-state index < -0.39 is 0 Å². The minimum atomic E-state index is 0.887. The number of rotatable bonds is 4. The predicted molar refractivity (Wildman–Crippen MR) is 46.7 cm³/mol. The first-order valence-corrected chi connectivity index (χ1v) is 4.80. The smallest absolute Gasteiger partial charge is 0.0594 e. The van der Waals surface area contributed by atoms with Gasteiger partial charge in [-0.1, -0.05) is 0 Å². The second kappa shape index (κ2) is 5.83. The molecule has 0 radical (unpaired) electrons. The normalized spacial score (nSPS) is 20.5. The van der Waals surface area contributed by atoms with E-state index in [0.29, 0.717) is 0 Å². The zero-order chi connectivity index (χ0) is 7.94. The Labute approximate surface area is 72.2 Å². The van der Waals surface area contributed by atoms with Crippen molar-refractivity contribution in [3.05, 3.63) is 0 Å². The fourth-order valence-corrected chi connectivity index (χ4v) is 1.57. The van der Waals surface area contributed by atoms with Crippen LogP contribution >= 0.6 is 12.0 Å². The maximum Gasteiger partial charge on any atom is 0.0594 e. The molecule has 1 aliphatic rings. The van der Waals surface area contributed by atoms with Crippen LogP contribution < -0.4 is 0 Å². The Kier molecular flexibility index (Phi) is 4.94. The number of hydrogen-bond donors (Lipinski definition) is 0. The van der Waals surface area contributed by atoms with Crippen LogP contribution in [0.4, 0.5) is 0 Å². The Morgan fingerprint density at radius 2 is 2.18 bits per heavy atom. The fraction of sp³-hybridized carbons (Fsp3) is 1.00. The van der Waals surface area contributed by atoms with E-state index in [1.807, 2.05) is 0 Å². The summed E-state index contributed by atoms with van der Waals surface area (Å²) in [5.74, 6) is 1.05. The summed E-state index contributed by atoms with van der Waals surface area (Å²) in [5, 5.41) is 0. The summed E-state index contributed by atoms with van der Waals surface area (Å²) in [6, 6.07) is 0. The molecule has 1 aliphatic heterocycles. The molecule has 0 saturated carbocycles. The van der Waals surface area contributed by atoms with Crippen molar-refractivity contribution in [2.45, 2.75) is 0 Å². The molecule has 3 nitrogen and oxygen atoms in total. The van der Waals surface area contributed by atoms with Gasteiger partial charge < -0.3 is 8.92 Å². The molecule has 0 amide bonds. The van der Waals surface area contributed by atoms with Crippen LogP contribution in [0, 0.1) is 0 Å². The molecule has 0 aromatic heterocycles. The molecule has 0 N–H and O–H groups in total. The minimum absolute atomic E-state index is 0.887. The summed E-state index contributed by atoms with van der Waals surface area (Å²) in [4.78, 5) is 2.40. The van der Waals surface area contributed by atoms with Crippen LogP contribution in [0.1, 0.15) is 0 Å². The molecule has 0 aromatic rings. The minimum Gasteiger partial charge on any atom is -0.379 e. The van der Waals surface area contributed by atoms with E-state index in [2.05, 4.69) is 4.90 Å². The fourth-order valence-electron chi connectivity index (χ4n) is 1.07. The van der Waals surface area contributed by atoms with Gasteiger partial charge in [-0.2, -0.15) is 0 Å². The van der Waals surface area contributed by atoms with Crippen molar-refractivity contribution < 1.29 is 8.92 Å². The quantitative estimate of drug-likeness (QED) is 0.463. The van der Waals surface area contributed by atoms with Crippen molar-refractivity contribution in [3.63, 3.8) is 0 Å². The Bertz CT molecular complexity index is 96.4. The van der Waals surface area contributed by atoms with Gasteiger partial charge in [-0.05, 0) is 12.0 Å². The van der Waals surface area contributed by atoms with E-state index >= 15 is 0 Å². The highest BCUT2D eigenvalue weighted by Gasteiger charge is 2.08. The maximum atomic E-state index is 5.23. The molecule has 0 unspecified atom stereocenters. The molecule has 1 heterocycles. The van der Waals surface area contributed by atoms with Crippen LogP contribution in [0.3, 0.4) is 0 Å². The second-order valence-corrected chi connectivity index (χ2v) is 3.42. The van der Waals surface area contributed by atoms with Crippen LogP contribution in [0.5, 0.6) is 0 Å². The van der Waals surface area contributed by atoms with Gasteiger partial charge in [0.15, 0.2) is 0 Å². The molecule has 0 aromatic carbocycles. The standard InChI is InChI=1S/C7H15NO2S/c1-9-11-7-4-8-2-5-10-6-3-8/h2-7H2,1H3. The molecule has 0 atom stereocenters. The van der Waals surface area contributed by atoms with Gasteiger partial charge in [0.05, 0.1) is 20.3 Å². The topological polar surface area (TPSA) is 21.7 Å². The van der Waals surface area contributed by atoms with Crippen LogP contribution in [-0.4, -0.2) is 50.6 Å². The molecule has 1 saturated heterocycles. The summed E-state index contributed by atoms with van der Waals surface area (Å²) in [7, 11) is 1.71. The molecular formula is C7H15NO2S. The second-order valence-electron chi connectivity index (χ2n) is 2.44. The lowest BCUT2D eigenvalue weighted by Gasteiger charge is -2.25. The first-order valence-electron chi connectivity index (χ1n) is 3.89. The average molecular weight is 177 g/mol. The Hall–Kier alpha value is 0.230. The van der Waals surface area contributed by atoms with Crippen molar-refractivity contribution in [2.24, 2.45) is 0 Å². The van der Waals surface area contributed by atoms with Gasteiger partial charge in [0.25, 0.3) is 0 Å². The number of morpholine rings is 1. The van der Waals surface area contributed by atoms with E-state index in [1.165, 1.54) is 12.0 Å². The van der Waals surface area contributed by atoms with E-state index in [1.54, 1.807) is 7.11 Å². The Morgan fingerprint density at radius 1 is 1.45 bits per heavy atom. The Morgan fingerprint density at radius 3 is 2.82 bits per heavy atom. The van der Waals surface area contributed by atoms with Crippen LogP contribution in [0.15, 0.2) is 0 Å². The molecular weight excluding hydrogens is 162 g/mol. The van der Waals surface area contributed by atoms with E-state index in [0.717, 1.165) is 38.6 Å². The molecule has 11 heavy (non-hydrogen) atoms. The highest BCUT2D eigenvalue weighted by atomic mass is 32.2. The van der Waals surface area contributed by atoms with Crippen molar-refractivity contribution in [1.82, 2.24) is 4.90 Å². The third kappa shape index (κ3) is 3.96. The third-order valence-corrected chi connectivity index (χ3v) is 2.30. The van der Waals surface area contributed by atoms with Gasteiger partial charge in [0.2, 0.25) is 0 Å². The van der Waals surface area contributed by atoms with Gasteiger partial charge in [-0.3, -0.25) is 4.90 Å². The van der Waals surface area contributed by atoms with Crippen LogP contribution in [0.2, 0.25) is 0 Å². The molecule has 0 bridgehead atoms. The van der Waals surface area contributed by atoms with Gasteiger partial charge >= 0.3 is 0 Å². The SMILES string of the molecule is COSCCN1CCOCC1. The summed E-state index contributed by atoms with van der Waals surface area (Å²) in [6.07, 6.45) is 0. The van der Waals surface area contributed by atoms with E-state index in [-0.39, 0.29) is 0 Å². The largest absolute Gasteiger partial charge is 0.379 e. The van der Waals surface area contributed by atoms with Crippen LogP contribution in [0.25, 0.3) is 0 Å². The van der Waals surface area contributed by atoms with Crippen LogP contribution in [-0.2, 0) is 8.92 Å². The molecule has 0 aliphatic carbocycles. The van der Waals surface area contributed by atoms with E-state index in [9.17, 15) is 0 Å². The predicted octanol–water partition coefficient (Wildman–Crippen LogP) is 0.613. The van der Waals surface area contributed by atoms with Crippen molar-refractivity contribution >= 4 is 12.0 Å². The van der Waals surface area contributed by atoms with Gasteiger partial charge in [-0.15, -0.1) is 0 Å². The number of nitrogens with zero attached hydrogens (tertiary/aromatic N) is 1. The first-order chi connectivity index (χ1) is 5.43. The zero-order valence-corrected chi connectivity index (χ0v) is 7.73. The lowest BCUT2D eigenvalue weighted by atomic mass is 10.4. The molecule has 1 fully saturated rings. The van der Waals surface area contributed by atoms with Crippen molar-refractivity contribution in [1.29, 1.82) is 0 Å². The highest BCUT2D eigenvalue weighted by molar-refractivity contribution is 7.94. The summed E-state index contributed by atoms with van der Waals surface area (Å²) < 4.78 is 10.1. The number of ether oxygens (including phenoxy) is 1. The zero-order valence-electron chi connectivity index (χ0n) is 6.91. The van der Waals surface area contributed by atoms with Gasteiger partial charge in [0.1, 0.15) is 0 Å². The monoisotopic (exact) mass is 177 g/mol. The van der Waals surface area contributed by atoms with Gasteiger partial charge in [0, 0.05) is 25.4 Å². The summed E-state index contributed by atoms with van der Waals surface area (Å²) in [5.41, 5.74) is 0. The molecule has 0 spiro atoms. The third-order valence-electron chi connectivity index (χ3n) is 1.71. The molecule has 4 heteroatoms. The maximum absolute atomic E-state index is 5.23. The summed E-state index contributed by atoms with van der Waals surface area (Å²) in [6.45, 7) is 5.03. The van der Waals surface area contributed by atoms with Gasteiger partial charge in [-0.25, -0.2) is 0 Å². The molecule has 1 rings (SSSR count). The van der Waals surface area contributed by atoms with Crippen molar-refractivity contribution in [3.8, 4) is 0 Å². The number of hydrogen-bond acceptors (Lipinski definition) is 4. The highest BCUT2D eigenvalue weighted by Crippen LogP contribution is 2.02. The average Bonchev–Trinajstić information content (AvgIpc) is 2.07. The lowest BCUT2D eigenvalue weighted by Crippen LogP contribution is -2.37. The van der Waals surface area contributed by atoms with E-state index in [4.69, 9.17) is 8.92 Å². The summed E-state index contributed by atoms with van der Waals surface area (Å²) >= 11 is 1.52. The Balaban J connectivity index is 1.96. The van der Waals surface area contributed by atoms with Crippen molar-refractivity contribution in [2.75, 3.05) is 45.7 Å².